The molecule has 0 bridgehead atoms. The van der Waals surface area contributed by atoms with Crippen LogP contribution < -0.4 is 0 Å². The number of rotatable bonds is 10. The molecule has 114 valence electrons. The van der Waals surface area contributed by atoms with Crippen LogP contribution in [0.2, 0.25) is 0 Å². The predicted octanol–water partition coefficient (Wildman–Crippen LogP) is 3.01. The molecule has 0 aromatic carbocycles. The Hall–Kier alpha value is -1.60. The maximum Gasteiger partial charge on any atom is 0.294 e. The minimum absolute atomic E-state index is 0.377. The van der Waals surface area contributed by atoms with Gasteiger partial charge in [-0.1, -0.05) is 47.0 Å². The summed E-state index contributed by atoms with van der Waals surface area (Å²) in [5, 5.41) is 18.2. The quantitative estimate of drug-likeness (QED) is 0.346. The van der Waals surface area contributed by atoms with E-state index in [-0.39, 0.29) is 0 Å². The molecular weight excluding hydrogens is 256 g/mol. The third kappa shape index (κ3) is 16.4. The lowest BCUT2D eigenvalue weighted by molar-refractivity contribution is -0.790. The van der Waals surface area contributed by atoms with Gasteiger partial charge in [-0.25, -0.2) is 0 Å². The van der Waals surface area contributed by atoms with Crippen LogP contribution in [0.1, 0.15) is 53.4 Å². The Balaban J connectivity index is 0. The highest BCUT2D eigenvalue weighted by atomic mass is 17.0. The van der Waals surface area contributed by atoms with E-state index in [0.717, 1.165) is 19.3 Å². The van der Waals surface area contributed by atoms with Crippen molar-refractivity contribution in [2.45, 2.75) is 59.5 Å². The zero-order chi connectivity index (χ0) is 15.3. The molecule has 0 aliphatic rings. The summed E-state index contributed by atoms with van der Waals surface area (Å²) in [6.07, 6.45) is 2.15. The highest BCUT2D eigenvalue weighted by molar-refractivity contribution is 4.56. The fourth-order valence-electron chi connectivity index (χ4n) is 1.36. The van der Waals surface area contributed by atoms with E-state index in [1.165, 1.54) is 0 Å². The summed E-state index contributed by atoms with van der Waals surface area (Å²) in [5.74, 6) is 0.569. The highest BCUT2D eigenvalue weighted by Gasteiger charge is 2.15. The minimum atomic E-state index is -0.982. The van der Waals surface area contributed by atoms with E-state index in [2.05, 4.69) is 23.5 Å². The Morgan fingerprint density at radius 1 is 1.00 bits per heavy atom. The second-order valence-corrected chi connectivity index (χ2v) is 4.15. The topological polar surface area (TPSA) is 105 Å². The van der Waals surface area contributed by atoms with Crippen molar-refractivity contribution in [1.82, 2.24) is 0 Å². The summed E-state index contributed by atoms with van der Waals surface area (Å²) in [7, 11) is 0. The largest absolute Gasteiger partial charge is 0.312 e. The van der Waals surface area contributed by atoms with Crippen LogP contribution in [-0.4, -0.2) is 22.9 Å². The molecule has 0 aliphatic heterocycles. The molecule has 0 radical (unpaired) electrons. The smallest absolute Gasteiger partial charge is 0.294 e. The lowest BCUT2D eigenvalue weighted by Gasteiger charge is -2.13. The molecular formula is C11H24N2O6. The molecule has 0 spiro atoms. The van der Waals surface area contributed by atoms with E-state index >= 15 is 0 Å². The zero-order valence-electron chi connectivity index (χ0n) is 12.0. The van der Waals surface area contributed by atoms with Gasteiger partial charge in [0.1, 0.15) is 12.7 Å². The molecule has 0 fully saturated rings. The lowest BCUT2D eigenvalue weighted by Crippen LogP contribution is -2.24. The second kappa shape index (κ2) is 12.8. The van der Waals surface area contributed by atoms with Crippen molar-refractivity contribution in [1.29, 1.82) is 0 Å². The van der Waals surface area contributed by atoms with Gasteiger partial charge in [-0.2, -0.15) is 0 Å². The Kier molecular flexibility index (Phi) is 13.3. The lowest BCUT2D eigenvalue weighted by atomic mass is 10.0. The monoisotopic (exact) mass is 280 g/mol. The molecule has 0 saturated heterocycles. The first-order valence-electron chi connectivity index (χ1n) is 6.50. The maximum atomic E-state index is 10.2. The minimum Gasteiger partial charge on any atom is -0.312 e. The standard InChI is InChI=1S/C9H18N2O6.C2H6/c1-8(2)5-3-4-6-9(17-11(14)15)7-16-10(12)13;1-2/h8-9H,3-7H2,1-2H3;1-2H3. The Labute approximate surface area is 113 Å². The highest BCUT2D eigenvalue weighted by Crippen LogP contribution is 2.11. The fourth-order valence-corrected chi connectivity index (χ4v) is 1.36. The zero-order valence-corrected chi connectivity index (χ0v) is 12.0. The van der Waals surface area contributed by atoms with Gasteiger partial charge in [0.25, 0.3) is 10.2 Å². The van der Waals surface area contributed by atoms with Crippen LogP contribution in [0.15, 0.2) is 0 Å². The normalized spacial score (nSPS) is 11.2. The average molecular weight is 280 g/mol. The van der Waals surface area contributed by atoms with Gasteiger partial charge in [-0.05, 0) is 12.3 Å². The number of hydrogen-bond acceptors (Lipinski definition) is 6. The Bertz CT molecular complexity index is 247. The van der Waals surface area contributed by atoms with E-state index in [0.29, 0.717) is 12.3 Å². The maximum absolute atomic E-state index is 10.2. The number of hydrogen-bond donors (Lipinski definition) is 0. The first-order valence-corrected chi connectivity index (χ1v) is 6.50. The van der Waals surface area contributed by atoms with Crippen molar-refractivity contribution in [3.8, 4) is 0 Å². The second-order valence-electron chi connectivity index (χ2n) is 4.15. The molecule has 19 heavy (non-hydrogen) atoms. The summed E-state index contributed by atoms with van der Waals surface area (Å²) in [5.41, 5.74) is 0. The molecule has 0 heterocycles. The van der Waals surface area contributed by atoms with Gasteiger partial charge in [0.2, 0.25) is 0 Å². The van der Waals surface area contributed by atoms with E-state index in [9.17, 15) is 20.2 Å². The van der Waals surface area contributed by atoms with Crippen LogP contribution >= 0.6 is 0 Å². The molecule has 0 saturated carbocycles. The van der Waals surface area contributed by atoms with Gasteiger partial charge in [0.15, 0.2) is 0 Å². The summed E-state index contributed by atoms with van der Waals surface area (Å²) in [4.78, 5) is 28.5. The number of nitrogens with zero attached hydrogens (tertiary/aromatic N) is 2. The molecule has 1 unspecified atom stereocenters. The molecule has 0 amide bonds. The molecule has 8 heteroatoms. The van der Waals surface area contributed by atoms with Gasteiger partial charge in [-0.15, -0.1) is 20.2 Å². The van der Waals surface area contributed by atoms with E-state index in [1.807, 2.05) is 13.8 Å². The third-order valence-corrected chi connectivity index (χ3v) is 2.16. The van der Waals surface area contributed by atoms with Crippen LogP contribution in [0, 0.1) is 26.1 Å². The van der Waals surface area contributed by atoms with Crippen LogP contribution in [0.4, 0.5) is 0 Å². The van der Waals surface area contributed by atoms with Gasteiger partial charge in [0, 0.05) is 0 Å². The molecule has 0 aromatic rings. The number of unbranched alkanes of at least 4 members (excludes halogenated alkanes) is 1. The fraction of sp³-hybridized carbons (Fsp3) is 1.00. The molecule has 0 aliphatic carbocycles. The summed E-state index contributed by atoms with van der Waals surface area (Å²) in [6.45, 7) is 7.76. The Morgan fingerprint density at radius 2 is 1.53 bits per heavy atom. The van der Waals surface area contributed by atoms with Crippen molar-refractivity contribution in [3.05, 3.63) is 20.2 Å². The van der Waals surface area contributed by atoms with E-state index in [4.69, 9.17) is 0 Å². The van der Waals surface area contributed by atoms with Crippen LogP contribution in [0.3, 0.4) is 0 Å². The predicted molar refractivity (Wildman–Crippen MR) is 69.5 cm³/mol. The summed E-state index contributed by atoms with van der Waals surface area (Å²) >= 11 is 0. The molecule has 8 nitrogen and oxygen atoms in total. The Morgan fingerprint density at radius 3 is 1.95 bits per heavy atom. The van der Waals surface area contributed by atoms with E-state index in [1.54, 1.807) is 0 Å². The first-order chi connectivity index (χ1) is 8.91. The summed E-state index contributed by atoms with van der Waals surface area (Å²) in [6, 6.07) is 0. The third-order valence-electron chi connectivity index (χ3n) is 2.16. The SMILES string of the molecule is CC.CC(C)CCCCC(CO[N+](=O)[O-])O[N+](=O)[O-]. The van der Waals surface area contributed by atoms with Crippen LogP contribution in [0.5, 0.6) is 0 Å². The van der Waals surface area contributed by atoms with Crippen LogP contribution in [-0.2, 0) is 9.68 Å². The van der Waals surface area contributed by atoms with Gasteiger partial charge >= 0.3 is 0 Å². The van der Waals surface area contributed by atoms with Gasteiger partial charge in [-0.3, -0.25) is 0 Å². The molecule has 0 aromatic heterocycles. The van der Waals surface area contributed by atoms with Crippen molar-refractivity contribution < 1.29 is 19.8 Å². The van der Waals surface area contributed by atoms with Crippen molar-refractivity contribution in [3.63, 3.8) is 0 Å². The summed E-state index contributed by atoms with van der Waals surface area (Å²) < 4.78 is 0. The van der Waals surface area contributed by atoms with Crippen LogP contribution in [0.25, 0.3) is 0 Å². The van der Waals surface area contributed by atoms with Crippen molar-refractivity contribution in [2.75, 3.05) is 6.61 Å². The van der Waals surface area contributed by atoms with E-state index < -0.39 is 22.9 Å². The molecule has 0 rings (SSSR count). The first kappa shape index (κ1) is 19.7. The molecule has 0 N–H and O–H groups in total. The van der Waals surface area contributed by atoms with Gasteiger partial charge in [0.05, 0.1) is 0 Å². The van der Waals surface area contributed by atoms with Crippen molar-refractivity contribution >= 4 is 0 Å². The van der Waals surface area contributed by atoms with Crippen molar-refractivity contribution in [2.24, 2.45) is 5.92 Å². The van der Waals surface area contributed by atoms with Gasteiger partial charge < -0.3 is 9.68 Å². The molecule has 1 atom stereocenters. The average Bonchev–Trinajstić information content (AvgIpc) is 2.32.